The molecule has 23 heavy (non-hydrogen) atoms. The number of hydrogen-bond acceptors (Lipinski definition) is 5. The van der Waals surface area contributed by atoms with E-state index in [1.54, 1.807) is 32.9 Å². The second-order valence-electron chi connectivity index (χ2n) is 5.47. The van der Waals surface area contributed by atoms with Crippen molar-refractivity contribution < 1.29 is 28.3 Å². The number of esters is 1. The molecule has 0 spiro atoms. The summed E-state index contributed by atoms with van der Waals surface area (Å²) in [6.07, 6.45) is 1.01. The van der Waals surface area contributed by atoms with Crippen molar-refractivity contribution in [3.05, 3.63) is 47.5 Å². The standard InChI is InChI=1S/C16H18FNO5/c1-10(11-5-7-12(17)8-6-11)18(21-4)14(19)9-13-15(20)23-16(2,3)22-13/h5-10H,1-4H3/b13-9-. The van der Waals surface area contributed by atoms with Gasteiger partial charge in [-0.05, 0) is 24.6 Å². The van der Waals surface area contributed by atoms with E-state index in [1.807, 2.05) is 0 Å². The third-order valence-corrected chi connectivity index (χ3v) is 3.27. The van der Waals surface area contributed by atoms with E-state index in [2.05, 4.69) is 0 Å². The van der Waals surface area contributed by atoms with Crippen LogP contribution in [0, 0.1) is 5.82 Å². The lowest BCUT2D eigenvalue weighted by Gasteiger charge is -2.25. The maximum absolute atomic E-state index is 13.0. The first kappa shape index (κ1) is 17.0. The molecule has 0 saturated carbocycles. The smallest absolute Gasteiger partial charge is 0.377 e. The first-order valence-electron chi connectivity index (χ1n) is 7.00. The van der Waals surface area contributed by atoms with Crippen molar-refractivity contribution in [2.24, 2.45) is 0 Å². The van der Waals surface area contributed by atoms with Crippen LogP contribution < -0.4 is 0 Å². The highest BCUT2D eigenvalue weighted by Crippen LogP contribution is 2.27. The van der Waals surface area contributed by atoms with E-state index in [4.69, 9.17) is 14.3 Å². The molecule has 2 rings (SSSR count). The van der Waals surface area contributed by atoms with Gasteiger partial charge in [-0.15, -0.1) is 0 Å². The molecule has 1 heterocycles. The van der Waals surface area contributed by atoms with Gasteiger partial charge in [-0.2, -0.15) is 0 Å². The van der Waals surface area contributed by atoms with Gasteiger partial charge in [0.2, 0.25) is 11.5 Å². The van der Waals surface area contributed by atoms with Crippen LogP contribution in [0.2, 0.25) is 0 Å². The average molecular weight is 323 g/mol. The van der Waals surface area contributed by atoms with E-state index in [1.165, 1.54) is 19.2 Å². The first-order chi connectivity index (χ1) is 10.7. The molecule has 1 atom stereocenters. The van der Waals surface area contributed by atoms with Crippen LogP contribution in [-0.2, 0) is 23.9 Å². The summed E-state index contributed by atoms with van der Waals surface area (Å²) in [5.41, 5.74) is 0.676. The second-order valence-corrected chi connectivity index (χ2v) is 5.47. The Morgan fingerprint density at radius 1 is 1.30 bits per heavy atom. The first-order valence-corrected chi connectivity index (χ1v) is 7.00. The Balaban J connectivity index is 2.18. The summed E-state index contributed by atoms with van der Waals surface area (Å²) in [7, 11) is 1.33. The highest BCUT2D eigenvalue weighted by atomic mass is 19.1. The molecule has 0 bridgehead atoms. The van der Waals surface area contributed by atoms with Crippen molar-refractivity contribution in [2.45, 2.75) is 32.6 Å². The Bertz CT molecular complexity index is 638. The summed E-state index contributed by atoms with van der Waals surface area (Å²) < 4.78 is 23.2. The number of carbonyl (C=O) groups excluding carboxylic acids is 2. The van der Waals surface area contributed by atoms with Gasteiger partial charge in [-0.3, -0.25) is 9.63 Å². The quantitative estimate of drug-likeness (QED) is 0.484. The number of amides is 1. The van der Waals surface area contributed by atoms with Crippen molar-refractivity contribution in [3.8, 4) is 0 Å². The molecule has 6 nitrogen and oxygen atoms in total. The van der Waals surface area contributed by atoms with Crippen LogP contribution in [0.15, 0.2) is 36.1 Å². The maximum Gasteiger partial charge on any atom is 0.377 e. The molecule has 1 unspecified atom stereocenters. The summed E-state index contributed by atoms with van der Waals surface area (Å²) in [6, 6.07) is 5.20. The number of nitrogens with zero attached hydrogens (tertiary/aromatic N) is 1. The van der Waals surface area contributed by atoms with Gasteiger partial charge in [-0.1, -0.05) is 12.1 Å². The van der Waals surface area contributed by atoms with Gasteiger partial charge in [-0.25, -0.2) is 14.2 Å². The number of ether oxygens (including phenoxy) is 2. The van der Waals surface area contributed by atoms with Gasteiger partial charge < -0.3 is 9.47 Å². The molecule has 1 saturated heterocycles. The van der Waals surface area contributed by atoms with Crippen molar-refractivity contribution >= 4 is 11.9 Å². The molecule has 0 radical (unpaired) electrons. The van der Waals surface area contributed by atoms with Crippen LogP contribution >= 0.6 is 0 Å². The Kier molecular flexibility index (Phi) is 4.70. The minimum Gasteiger partial charge on any atom is -0.445 e. The van der Waals surface area contributed by atoms with Gasteiger partial charge >= 0.3 is 5.97 Å². The lowest BCUT2D eigenvalue weighted by molar-refractivity contribution is -0.182. The Morgan fingerprint density at radius 2 is 1.91 bits per heavy atom. The van der Waals surface area contributed by atoms with E-state index >= 15 is 0 Å². The Morgan fingerprint density at radius 3 is 2.39 bits per heavy atom. The van der Waals surface area contributed by atoms with Crippen LogP contribution in [0.4, 0.5) is 4.39 Å². The lowest BCUT2D eigenvalue weighted by Crippen LogP contribution is -2.31. The minimum atomic E-state index is -1.11. The predicted molar refractivity (Wildman–Crippen MR) is 78.0 cm³/mol. The summed E-state index contributed by atoms with van der Waals surface area (Å²) in [6.45, 7) is 4.84. The van der Waals surface area contributed by atoms with E-state index in [0.29, 0.717) is 5.56 Å². The van der Waals surface area contributed by atoms with Gasteiger partial charge in [0.15, 0.2) is 0 Å². The van der Waals surface area contributed by atoms with Crippen LogP contribution in [0.3, 0.4) is 0 Å². The van der Waals surface area contributed by atoms with E-state index in [9.17, 15) is 14.0 Å². The zero-order valence-corrected chi connectivity index (χ0v) is 13.3. The molecule has 1 aromatic carbocycles. The highest BCUT2D eigenvalue weighted by Gasteiger charge is 2.38. The molecule has 0 aromatic heterocycles. The number of hydroxylamine groups is 2. The minimum absolute atomic E-state index is 0.187. The molecule has 1 amide bonds. The molecule has 0 aliphatic carbocycles. The fraction of sp³-hybridized carbons (Fsp3) is 0.375. The summed E-state index contributed by atoms with van der Waals surface area (Å²) >= 11 is 0. The lowest BCUT2D eigenvalue weighted by atomic mass is 10.1. The number of carbonyl (C=O) groups is 2. The topological polar surface area (TPSA) is 65.1 Å². The molecule has 1 aliphatic rings. The fourth-order valence-corrected chi connectivity index (χ4v) is 2.18. The summed E-state index contributed by atoms with van der Waals surface area (Å²) in [5.74, 6) is -2.97. The molecule has 1 fully saturated rings. The SMILES string of the molecule is CON(C(=O)/C=C1\OC(C)(C)OC1=O)C(C)c1ccc(F)cc1. The van der Waals surface area contributed by atoms with Crippen molar-refractivity contribution in [1.29, 1.82) is 0 Å². The fourth-order valence-electron chi connectivity index (χ4n) is 2.18. The zero-order chi connectivity index (χ0) is 17.2. The monoisotopic (exact) mass is 323 g/mol. The van der Waals surface area contributed by atoms with Crippen LogP contribution in [0.25, 0.3) is 0 Å². The zero-order valence-electron chi connectivity index (χ0n) is 13.3. The molecular formula is C16H18FNO5. The van der Waals surface area contributed by atoms with Gasteiger partial charge in [0, 0.05) is 13.8 Å². The third kappa shape index (κ3) is 3.87. The molecule has 124 valence electrons. The second kappa shape index (κ2) is 6.37. The Labute approximate surface area is 133 Å². The average Bonchev–Trinajstić information content (AvgIpc) is 2.72. The number of cyclic esters (lactones) is 1. The summed E-state index contributed by atoms with van der Waals surface area (Å²) in [4.78, 5) is 29.1. The van der Waals surface area contributed by atoms with Crippen LogP contribution in [0.1, 0.15) is 32.4 Å². The number of hydrogen-bond donors (Lipinski definition) is 0. The number of halogens is 1. The summed E-state index contributed by atoms with van der Waals surface area (Å²) in [5, 5.41) is 1.06. The van der Waals surface area contributed by atoms with Gasteiger partial charge in [0.1, 0.15) is 5.82 Å². The van der Waals surface area contributed by atoms with E-state index in [-0.39, 0.29) is 11.6 Å². The van der Waals surface area contributed by atoms with Crippen LogP contribution in [0.5, 0.6) is 0 Å². The van der Waals surface area contributed by atoms with E-state index < -0.39 is 23.7 Å². The molecule has 1 aliphatic heterocycles. The third-order valence-electron chi connectivity index (χ3n) is 3.27. The largest absolute Gasteiger partial charge is 0.445 e. The van der Waals surface area contributed by atoms with Gasteiger partial charge in [0.05, 0.1) is 19.2 Å². The van der Waals surface area contributed by atoms with Crippen molar-refractivity contribution in [1.82, 2.24) is 5.06 Å². The van der Waals surface area contributed by atoms with E-state index in [0.717, 1.165) is 11.1 Å². The highest BCUT2D eigenvalue weighted by molar-refractivity contribution is 5.97. The number of rotatable bonds is 4. The maximum atomic E-state index is 13.0. The van der Waals surface area contributed by atoms with Crippen LogP contribution in [-0.4, -0.2) is 29.8 Å². The molecule has 7 heteroatoms. The normalized spacial score (nSPS) is 19.2. The van der Waals surface area contributed by atoms with Crippen molar-refractivity contribution in [2.75, 3.05) is 7.11 Å². The van der Waals surface area contributed by atoms with Crippen molar-refractivity contribution in [3.63, 3.8) is 0 Å². The van der Waals surface area contributed by atoms with Gasteiger partial charge in [0.25, 0.3) is 5.91 Å². The molecular weight excluding hydrogens is 305 g/mol. The molecule has 1 aromatic rings. The predicted octanol–water partition coefficient (Wildman–Crippen LogP) is 2.47. The number of benzene rings is 1. The molecule has 0 N–H and O–H groups in total. The Hall–Kier alpha value is -2.41.